The first-order chi connectivity index (χ1) is 14.4. The van der Waals surface area contributed by atoms with Gasteiger partial charge in [-0.15, -0.1) is 0 Å². The number of hydrogen-bond donors (Lipinski definition) is 3. The monoisotopic (exact) mass is 425 g/mol. The number of ether oxygens (including phenoxy) is 1. The van der Waals surface area contributed by atoms with Crippen LogP contribution in [-0.2, 0) is 11.3 Å². The van der Waals surface area contributed by atoms with E-state index in [2.05, 4.69) is 25.6 Å². The summed E-state index contributed by atoms with van der Waals surface area (Å²) in [7, 11) is 1.50. The van der Waals surface area contributed by atoms with Crippen molar-refractivity contribution < 1.29 is 9.53 Å². The van der Waals surface area contributed by atoms with E-state index in [4.69, 9.17) is 16.3 Å². The smallest absolute Gasteiger partial charge is 0.257 e. The predicted octanol–water partition coefficient (Wildman–Crippen LogP) is 3.41. The fourth-order valence-electron chi connectivity index (χ4n) is 2.55. The van der Waals surface area contributed by atoms with Crippen LogP contribution in [0.3, 0.4) is 0 Å². The van der Waals surface area contributed by atoms with Crippen molar-refractivity contribution in [3.63, 3.8) is 0 Å². The number of amides is 1. The average molecular weight is 426 g/mol. The van der Waals surface area contributed by atoms with E-state index in [9.17, 15) is 9.59 Å². The summed E-state index contributed by atoms with van der Waals surface area (Å²) in [6.45, 7) is 2.09. The lowest BCUT2D eigenvalue weighted by Gasteiger charge is -2.12. The molecule has 0 atom stereocenters. The third-order valence-corrected chi connectivity index (χ3v) is 4.16. The molecule has 0 spiro atoms. The number of hydrogen-bond acceptors (Lipinski definition) is 5. The highest BCUT2D eigenvalue weighted by atomic mass is 35.5. The minimum Gasteiger partial charge on any atom is -0.378 e. The van der Waals surface area contributed by atoms with Gasteiger partial charge in [0.25, 0.3) is 11.5 Å². The van der Waals surface area contributed by atoms with Crippen LogP contribution in [0.5, 0.6) is 0 Å². The Bertz CT molecular complexity index is 1130. The average Bonchev–Trinajstić information content (AvgIpc) is 2.68. The molecule has 0 saturated heterocycles. The van der Waals surface area contributed by atoms with E-state index in [-0.39, 0.29) is 30.0 Å². The van der Waals surface area contributed by atoms with E-state index in [1.807, 2.05) is 19.1 Å². The summed E-state index contributed by atoms with van der Waals surface area (Å²) in [6.07, 6.45) is 0. The standard InChI is InChI=1S/C21H20ClN5O3/c1-13-6-8-14(9-7-13)19(29)26-21(23-16-5-3-4-15(22)10-16)27-20-24-17(12-30-2)11-18(28)25-20/h3-11H,12H2,1-2H3,(H3,23,24,25,26,27,28,29). The molecular formula is C21H20ClN5O3. The minimum atomic E-state index is -0.386. The maximum Gasteiger partial charge on any atom is 0.257 e. The molecule has 154 valence electrons. The molecule has 3 N–H and O–H groups in total. The Morgan fingerprint density at radius 1 is 1.20 bits per heavy atom. The van der Waals surface area contributed by atoms with Gasteiger partial charge in [-0.2, -0.15) is 4.99 Å². The maximum absolute atomic E-state index is 12.7. The molecule has 3 rings (SSSR count). The fourth-order valence-corrected chi connectivity index (χ4v) is 2.74. The van der Waals surface area contributed by atoms with Crippen molar-refractivity contribution in [1.29, 1.82) is 0 Å². The van der Waals surface area contributed by atoms with Crippen LogP contribution in [0.1, 0.15) is 21.6 Å². The molecule has 0 bridgehead atoms. The third-order valence-electron chi connectivity index (χ3n) is 3.93. The first-order valence-electron chi connectivity index (χ1n) is 9.01. The van der Waals surface area contributed by atoms with Crippen molar-refractivity contribution in [2.75, 3.05) is 12.4 Å². The number of aliphatic imine (C=N–C) groups is 1. The van der Waals surface area contributed by atoms with Crippen LogP contribution in [0, 0.1) is 6.92 Å². The molecular weight excluding hydrogens is 406 g/mol. The van der Waals surface area contributed by atoms with Gasteiger partial charge in [0.05, 0.1) is 12.3 Å². The molecule has 2 aromatic carbocycles. The number of carbonyl (C=O) groups is 1. The van der Waals surface area contributed by atoms with Gasteiger partial charge in [0.15, 0.2) is 0 Å². The third kappa shape index (κ3) is 6.00. The number of aryl methyl sites for hydroxylation is 1. The topological polar surface area (TPSA) is 108 Å². The highest BCUT2D eigenvalue weighted by Crippen LogP contribution is 2.15. The molecule has 8 nitrogen and oxygen atoms in total. The number of H-pyrrole nitrogens is 1. The summed E-state index contributed by atoms with van der Waals surface area (Å²) in [6, 6.07) is 15.3. The van der Waals surface area contributed by atoms with Gasteiger partial charge >= 0.3 is 0 Å². The summed E-state index contributed by atoms with van der Waals surface area (Å²) in [4.78, 5) is 35.6. The number of rotatable bonds is 5. The van der Waals surface area contributed by atoms with Gasteiger partial charge in [0.2, 0.25) is 11.9 Å². The van der Waals surface area contributed by atoms with Gasteiger partial charge in [-0.1, -0.05) is 35.4 Å². The van der Waals surface area contributed by atoms with Gasteiger partial charge in [-0.05, 0) is 37.3 Å². The lowest BCUT2D eigenvalue weighted by Crippen LogP contribution is -2.36. The minimum absolute atomic E-state index is 0.0169. The van der Waals surface area contributed by atoms with Gasteiger partial charge < -0.3 is 10.1 Å². The maximum atomic E-state index is 12.7. The second-order valence-corrected chi connectivity index (χ2v) is 6.85. The zero-order valence-electron chi connectivity index (χ0n) is 16.4. The second kappa shape index (κ2) is 9.82. The first kappa shape index (κ1) is 21.2. The molecule has 9 heteroatoms. The van der Waals surface area contributed by atoms with Crippen molar-refractivity contribution in [2.24, 2.45) is 4.99 Å². The molecule has 0 unspecified atom stereocenters. The van der Waals surface area contributed by atoms with Crippen LogP contribution >= 0.6 is 11.6 Å². The zero-order chi connectivity index (χ0) is 21.5. The van der Waals surface area contributed by atoms with Gasteiger partial charge in [-0.3, -0.25) is 19.9 Å². The largest absolute Gasteiger partial charge is 0.378 e. The number of guanidine groups is 1. The summed E-state index contributed by atoms with van der Waals surface area (Å²) in [5.41, 5.74) is 2.11. The number of nitrogens with one attached hydrogen (secondary N) is 3. The van der Waals surface area contributed by atoms with E-state index >= 15 is 0 Å². The number of nitrogens with zero attached hydrogens (tertiary/aromatic N) is 2. The zero-order valence-corrected chi connectivity index (χ0v) is 17.2. The number of methoxy groups -OCH3 is 1. The molecule has 1 amide bonds. The molecule has 1 aromatic heterocycles. The van der Waals surface area contributed by atoms with Crippen LogP contribution < -0.4 is 16.2 Å². The molecule has 1 heterocycles. The number of benzene rings is 2. The molecule has 0 aliphatic rings. The number of halogens is 1. The number of carbonyl (C=O) groups excluding carboxylic acids is 1. The Morgan fingerprint density at radius 2 is 1.97 bits per heavy atom. The van der Waals surface area contributed by atoms with E-state index in [1.165, 1.54) is 13.2 Å². The lowest BCUT2D eigenvalue weighted by atomic mass is 10.1. The highest BCUT2D eigenvalue weighted by Gasteiger charge is 2.11. The van der Waals surface area contributed by atoms with Crippen molar-refractivity contribution in [1.82, 2.24) is 15.3 Å². The molecule has 0 saturated carbocycles. The molecule has 0 aliphatic heterocycles. The van der Waals surface area contributed by atoms with Crippen LogP contribution in [0.4, 0.5) is 11.6 Å². The first-order valence-corrected chi connectivity index (χ1v) is 9.39. The van der Waals surface area contributed by atoms with Gasteiger partial charge in [0.1, 0.15) is 0 Å². The molecule has 0 radical (unpaired) electrons. The van der Waals surface area contributed by atoms with E-state index < -0.39 is 0 Å². The van der Waals surface area contributed by atoms with Crippen molar-refractivity contribution >= 4 is 35.1 Å². The predicted molar refractivity (Wildman–Crippen MR) is 116 cm³/mol. The van der Waals surface area contributed by atoms with Crippen molar-refractivity contribution in [3.8, 4) is 0 Å². The molecule has 0 fully saturated rings. The Morgan fingerprint density at radius 3 is 2.67 bits per heavy atom. The van der Waals surface area contributed by atoms with Gasteiger partial charge in [-0.25, -0.2) is 4.98 Å². The van der Waals surface area contributed by atoms with Crippen LogP contribution in [0.2, 0.25) is 5.02 Å². The Balaban J connectivity index is 1.94. The van der Waals surface area contributed by atoms with Crippen LogP contribution in [0.25, 0.3) is 0 Å². The summed E-state index contributed by atoms with van der Waals surface area (Å²) in [5, 5.41) is 6.21. The highest BCUT2D eigenvalue weighted by molar-refractivity contribution is 6.31. The Kier molecular flexibility index (Phi) is 6.95. The summed E-state index contributed by atoms with van der Waals surface area (Å²) in [5.74, 6) is -0.289. The Labute approximate surface area is 178 Å². The van der Waals surface area contributed by atoms with E-state index in [0.717, 1.165) is 5.56 Å². The number of aromatic nitrogens is 2. The molecule has 30 heavy (non-hydrogen) atoms. The Hall–Kier alpha value is -3.49. The summed E-state index contributed by atoms with van der Waals surface area (Å²) >= 11 is 6.04. The molecule has 0 aliphatic carbocycles. The number of anilines is 1. The normalized spacial score (nSPS) is 11.2. The van der Waals surface area contributed by atoms with E-state index in [0.29, 0.717) is 22.0 Å². The van der Waals surface area contributed by atoms with Crippen LogP contribution in [0.15, 0.2) is 64.4 Å². The number of aromatic amines is 1. The molecule has 3 aromatic rings. The van der Waals surface area contributed by atoms with Crippen LogP contribution in [-0.4, -0.2) is 28.9 Å². The summed E-state index contributed by atoms with van der Waals surface area (Å²) < 4.78 is 5.02. The fraction of sp³-hybridized carbons (Fsp3) is 0.143. The second-order valence-electron chi connectivity index (χ2n) is 6.41. The lowest BCUT2D eigenvalue weighted by molar-refractivity contribution is 0.0977. The van der Waals surface area contributed by atoms with Crippen molar-refractivity contribution in [2.45, 2.75) is 13.5 Å². The quantitative estimate of drug-likeness (QED) is 0.428. The van der Waals surface area contributed by atoms with Crippen molar-refractivity contribution in [3.05, 3.63) is 86.8 Å². The van der Waals surface area contributed by atoms with Gasteiger partial charge in [0, 0.05) is 29.4 Å². The SMILES string of the molecule is COCc1cc(=O)[nH]c(N=C(NC(=O)c2ccc(C)cc2)Nc2cccc(Cl)c2)n1. The van der Waals surface area contributed by atoms with E-state index in [1.54, 1.807) is 36.4 Å².